The largest absolute Gasteiger partial charge is 0.480 e. The summed E-state index contributed by atoms with van der Waals surface area (Å²) in [7, 11) is 0. The van der Waals surface area contributed by atoms with E-state index in [-0.39, 0.29) is 17.2 Å². The fourth-order valence-corrected chi connectivity index (χ4v) is 4.93. The van der Waals surface area contributed by atoms with E-state index in [4.69, 9.17) is 0 Å². The Bertz CT molecular complexity index is 764. The van der Waals surface area contributed by atoms with E-state index in [2.05, 4.69) is 0 Å². The summed E-state index contributed by atoms with van der Waals surface area (Å²) in [5, 5.41) is 9.79. The first-order valence-electron chi connectivity index (χ1n) is 9.72. The van der Waals surface area contributed by atoms with Gasteiger partial charge in [-0.3, -0.25) is 9.59 Å². The highest BCUT2D eigenvalue weighted by Gasteiger charge is 2.58. The van der Waals surface area contributed by atoms with E-state index in [1.165, 1.54) is 0 Å². The maximum absolute atomic E-state index is 13.4. The van der Waals surface area contributed by atoms with Crippen LogP contribution in [0.15, 0.2) is 30.3 Å². The number of carbonyl (C=O) groups is 3. The molecule has 6 heteroatoms. The van der Waals surface area contributed by atoms with Gasteiger partial charge < -0.3 is 14.9 Å². The van der Waals surface area contributed by atoms with E-state index in [0.717, 1.165) is 31.2 Å². The second-order valence-corrected chi connectivity index (χ2v) is 8.45. The fourth-order valence-electron chi connectivity index (χ4n) is 4.93. The zero-order chi connectivity index (χ0) is 19.2. The molecule has 0 radical (unpaired) electrons. The molecule has 1 atom stereocenters. The molecular weight excluding hydrogens is 344 g/mol. The Balaban J connectivity index is 1.56. The average molecular weight is 370 g/mol. The van der Waals surface area contributed by atoms with Crippen LogP contribution in [0.4, 0.5) is 0 Å². The monoisotopic (exact) mass is 370 g/mol. The van der Waals surface area contributed by atoms with Crippen molar-refractivity contribution in [3.8, 4) is 0 Å². The zero-order valence-electron chi connectivity index (χ0n) is 15.7. The van der Waals surface area contributed by atoms with Crippen LogP contribution in [0.1, 0.15) is 44.6 Å². The van der Waals surface area contributed by atoms with Crippen LogP contribution in [0.5, 0.6) is 0 Å². The zero-order valence-corrected chi connectivity index (χ0v) is 15.7. The predicted octanol–water partition coefficient (Wildman–Crippen LogP) is 2.03. The number of nitrogens with zero attached hydrogens (tertiary/aromatic N) is 2. The van der Waals surface area contributed by atoms with E-state index < -0.39 is 17.4 Å². The Hall–Kier alpha value is -2.37. The highest BCUT2D eigenvalue weighted by atomic mass is 16.4. The molecule has 0 bridgehead atoms. The number of carboxylic acid groups (broad SMARTS) is 1. The van der Waals surface area contributed by atoms with Crippen LogP contribution in [0, 0.1) is 5.41 Å². The molecule has 1 unspecified atom stereocenters. The summed E-state index contributed by atoms with van der Waals surface area (Å²) in [6.45, 7) is 3.35. The molecule has 2 saturated heterocycles. The molecule has 1 aromatic rings. The molecule has 2 heterocycles. The second kappa shape index (κ2) is 6.36. The summed E-state index contributed by atoms with van der Waals surface area (Å²) >= 11 is 0. The number of benzene rings is 1. The maximum Gasteiger partial charge on any atom is 0.326 e. The molecule has 144 valence electrons. The van der Waals surface area contributed by atoms with Crippen molar-refractivity contribution in [2.45, 2.75) is 50.5 Å². The number of aliphatic carboxylic acids is 1. The van der Waals surface area contributed by atoms with E-state index in [9.17, 15) is 19.5 Å². The second-order valence-electron chi connectivity index (χ2n) is 8.45. The van der Waals surface area contributed by atoms with E-state index in [0.29, 0.717) is 26.1 Å². The summed E-state index contributed by atoms with van der Waals surface area (Å²) in [6.07, 6.45) is 3.58. The number of likely N-dealkylation sites (tertiary alicyclic amines) is 2. The quantitative estimate of drug-likeness (QED) is 0.883. The number of piperidine rings is 1. The lowest BCUT2D eigenvalue weighted by atomic mass is 9.76. The number of hydrogen-bond donors (Lipinski definition) is 1. The van der Waals surface area contributed by atoms with Gasteiger partial charge in [-0.2, -0.15) is 0 Å². The van der Waals surface area contributed by atoms with Crippen LogP contribution in [-0.4, -0.2) is 58.4 Å². The van der Waals surface area contributed by atoms with Gasteiger partial charge in [-0.15, -0.1) is 0 Å². The predicted molar refractivity (Wildman–Crippen MR) is 99.0 cm³/mol. The first-order chi connectivity index (χ1) is 12.9. The molecule has 2 aliphatic heterocycles. The number of hydrogen-bond acceptors (Lipinski definition) is 3. The van der Waals surface area contributed by atoms with Crippen molar-refractivity contribution in [3.63, 3.8) is 0 Å². The minimum atomic E-state index is -0.918. The van der Waals surface area contributed by atoms with Gasteiger partial charge in [-0.1, -0.05) is 30.3 Å². The molecule has 1 aromatic carbocycles. The molecule has 3 fully saturated rings. The molecule has 1 N–H and O–H groups in total. The molecule has 6 nitrogen and oxygen atoms in total. The van der Waals surface area contributed by atoms with Gasteiger partial charge >= 0.3 is 5.97 Å². The summed E-state index contributed by atoms with van der Waals surface area (Å²) in [5.41, 5.74) is 0.268. The third-order valence-corrected chi connectivity index (χ3v) is 6.81. The van der Waals surface area contributed by atoms with Gasteiger partial charge in [0.25, 0.3) is 0 Å². The Morgan fingerprint density at radius 2 is 1.67 bits per heavy atom. The Kier molecular flexibility index (Phi) is 4.24. The molecule has 1 spiro atoms. The van der Waals surface area contributed by atoms with Crippen LogP contribution in [-0.2, 0) is 19.8 Å². The molecule has 1 saturated carbocycles. The Labute approximate surface area is 159 Å². The van der Waals surface area contributed by atoms with Crippen LogP contribution >= 0.6 is 0 Å². The van der Waals surface area contributed by atoms with Gasteiger partial charge in [0.2, 0.25) is 11.8 Å². The number of carbonyl (C=O) groups excluding carboxylic acids is 2. The molecule has 3 aliphatic rings. The fraction of sp³-hybridized carbons (Fsp3) is 0.571. The molecule has 4 rings (SSSR count). The van der Waals surface area contributed by atoms with E-state index in [1.807, 2.05) is 35.2 Å². The van der Waals surface area contributed by atoms with Crippen LogP contribution in [0.2, 0.25) is 0 Å². The van der Waals surface area contributed by atoms with Gasteiger partial charge in [0.05, 0.1) is 5.41 Å². The minimum Gasteiger partial charge on any atom is -0.480 e. The first-order valence-corrected chi connectivity index (χ1v) is 9.72. The molecule has 0 aromatic heterocycles. The van der Waals surface area contributed by atoms with Crippen molar-refractivity contribution in [1.29, 1.82) is 0 Å². The highest BCUT2D eigenvalue weighted by Crippen LogP contribution is 2.52. The molecule has 27 heavy (non-hydrogen) atoms. The summed E-state index contributed by atoms with van der Waals surface area (Å²) in [5.74, 6) is -0.892. The van der Waals surface area contributed by atoms with Gasteiger partial charge in [0.1, 0.15) is 6.04 Å². The minimum absolute atomic E-state index is 0.0352. The molecule has 1 aliphatic carbocycles. The van der Waals surface area contributed by atoms with E-state index in [1.54, 1.807) is 11.8 Å². The normalized spacial score (nSPS) is 25.4. The van der Waals surface area contributed by atoms with Crippen molar-refractivity contribution in [2.75, 3.05) is 19.6 Å². The summed E-state index contributed by atoms with van der Waals surface area (Å²) in [4.78, 5) is 40.4. The number of rotatable bonds is 3. The van der Waals surface area contributed by atoms with Crippen molar-refractivity contribution in [1.82, 2.24) is 9.80 Å². The smallest absolute Gasteiger partial charge is 0.326 e. The lowest BCUT2D eigenvalue weighted by Crippen LogP contribution is -2.47. The average Bonchev–Trinajstić information content (AvgIpc) is 3.39. The maximum atomic E-state index is 13.4. The number of carboxylic acids is 1. The topological polar surface area (TPSA) is 77.9 Å². The van der Waals surface area contributed by atoms with Crippen molar-refractivity contribution in [2.24, 2.45) is 5.41 Å². The Morgan fingerprint density at radius 3 is 2.19 bits per heavy atom. The van der Waals surface area contributed by atoms with Gasteiger partial charge in [-0.25, -0.2) is 4.79 Å². The SMILES string of the molecule is CC(=O)N1CCC2(CC1)CC(C(=O)O)N(C(=O)C1(c3ccccc3)CC1)C2. The molecular formula is C21H26N2O4. The van der Waals surface area contributed by atoms with Gasteiger partial charge in [0.15, 0.2) is 0 Å². The van der Waals surface area contributed by atoms with Crippen molar-refractivity contribution < 1.29 is 19.5 Å². The summed E-state index contributed by atoms with van der Waals surface area (Å²) < 4.78 is 0. The Morgan fingerprint density at radius 1 is 1.04 bits per heavy atom. The standard InChI is InChI=1S/C21H26N2O4/c1-15(24)22-11-9-20(10-12-22)13-17(18(25)26)23(14-20)19(27)21(7-8-21)16-5-3-2-4-6-16/h2-6,17H,7-14H2,1H3,(H,25,26). The summed E-state index contributed by atoms with van der Waals surface area (Å²) in [6, 6.07) is 8.97. The number of amides is 2. The lowest BCUT2D eigenvalue weighted by Gasteiger charge is -2.39. The van der Waals surface area contributed by atoms with Crippen molar-refractivity contribution in [3.05, 3.63) is 35.9 Å². The molecule has 2 amide bonds. The van der Waals surface area contributed by atoms with Gasteiger partial charge in [0, 0.05) is 26.6 Å². The van der Waals surface area contributed by atoms with Crippen LogP contribution < -0.4 is 0 Å². The first kappa shape index (κ1) is 18.0. The van der Waals surface area contributed by atoms with Crippen LogP contribution in [0.25, 0.3) is 0 Å². The highest BCUT2D eigenvalue weighted by molar-refractivity contribution is 5.94. The lowest BCUT2D eigenvalue weighted by molar-refractivity contribution is -0.149. The van der Waals surface area contributed by atoms with Crippen molar-refractivity contribution >= 4 is 17.8 Å². The van der Waals surface area contributed by atoms with E-state index >= 15 is 0 Å². The van der Waals surface area contributed by atoms with Crippen LogP contribution in [0.3, 0.4) is 0 Å². The third-order valence-electron chi connectivity index (χ3n) is 6.81. The van der Waals surface area contributed by atoms with Gasteiger partial charge in [-0.05, 0) is 43.1 Å². The third kappa shape index (κ3) is 3.01.